The van der Waals surface area contributed by atoms with Crippen molar-refractivity contribution in [1.29, 1.82) is 0 Å². The largest absolute Gasteiger partial charge is 0.432 e. The van der Waals surface area contributed by atoms with Crippen molar-refractivity contribution in [3.05, 3.63) is 60.0 Å². The molecule has 0 aliphatic rings. The molecule has 2 aromatic heterocycles. The Kier molecular flexibility index (Phi) is 4.20. The zero-order valence-electron chi connectivity index (χ0n) is 13.9. The normalized spacial score (nSPS) is 12.2. The van der Waals surface area contributed by atoms with Crippen molar-refractivity contribution in [2.75, 3.05) is 0 Å². The maximum atomic E-state index is 13.9. The predicted octanol–water partition coefficient (Wildman–Crippen LogP) is 3.40. The maximum Gasteiger partial charge on any atom is 0.282 e. The summed E-state index contributed by atoms with van der Waals surface area (Å²) in [4.78, 5) is 3.98. The molecule has 0 bridgehead atoms. The molecule has 0 aliphatic heterocycles. The van der Waals surface area contributed by atoms with Gasteiger partial charge in [-0.2, -0.15) is 5.10 Å². The second kappa shape index (κ2) is 6.46. The van der Waals surface area contributed by atoms with Crippen molar-refractivity contribution < 1.29 is 26.0 Å². The lowest BCUT2D eigenvalue weighted by Crippen LogP contribution is -2.12. The van der Waals surface area contributed by atoms with Crippen molar-refractivity contribution in [3.8, 4) is 17.3 Å². The van der Waals surface area contributed by atoms with E-state index in [0.29, 0.717) is 0 Å². The number of fused-ring (bicyclic) bond motifs is 1. The van der Waals surface area contributed by atoms with E-state index in [0.717, 1.165) is 10.7 Å². The fourth-order valence-corrected chi connectivity index (χ4v) is 3.17. The number of hydrogen-bond donors (Lipinski definition) is 1. The number of primary sulfonamides is 1. The van der Waals surface area contributed by atoms with Crippen molar-refractivity contribution >= 4 is 21.1 Å². The van der Waals surface area contributed by atoms with Gasteiger partial charge in [0.05, 0.1) is 10.6 Å². The molecule has 0 unspecified atom stereocenters. The van der Waals surface area contributed by atoms with Crippen molar-refractivity contribution in [3.63, 3.8) is 0 Å². The third kappa shape index (κ3) is 3.14. The van der Waals surface area contributed by atoms with Gasteiger partial charge >= 0.3 is 0 Å². The Hall–Kier alpha value is -3.18. The minimum absolute atomic E-state index is 0.0502. The lowest BCUT2D eigenvalue weighted by atomic mass is 10.3. The fraction of sp³-hybridized carbons (Fsp3) is 0.0588. The summed E-state index contributed by atoms with van der Waals surface area (Å²) >= 11 is 0. The number of rotatable bonds is 4. The molecule has 2 aromatic carbocycles. The van der Waals surface area contributed by atoms with Gasteiger partial charge in [0.1, 0.15) is 16.9 Å². The van der Waals surface area contributed by atoms with Gasteiger partial charge in [0, 0.05) is 0 Å². The second-order valence-electron chi connectivity index (χ2n) is 5.81. The number of nitrogens with two attached hydrogens (primary N) is 1. The zero-order chi connectivity index (χ0) is 20.1. The molecule has 0 amide bonds. The summed E-state index contributed by atoms with van der Waals surface area (Å²) in [5.74, 6) is -0.760. The molecule has 7 nitrogen and oxygen atoms in total. The van der Waals surface area contributed by atoms with Crippen LogP contribution in [0.4, 0.5) is 13.2 Å². The standard InChI is InChI=1S/C17H11F3N4O3S/c18-11-2-1-3-12-15(11)27-17(22-12)14-8-13(16(19)20)23-24(14)9-4-6-10(7-5-9)28(21,25)26/h1-8,16H,(H2,21,25,26). The van der Waals surface area contributed by atoms with Gasteiger partial charge in [0.2, 0.25) is 15.9 Å². The molecule has 0 spiro atoms. The summed E-state index contributed by atoms with van der Waals surface area (Å²) in [6.45, 7) is 0. The van der Waals surface area contributed by atoms with Crippen LogP contribution in [0.1, 0.15) is 12.1 Å². The van der Waals surface area contributed by atoms with E-state index in [1.807, 2.05) is 0 Å². The second-order valence-corrected chi connectivity index (χ2v) is 7.37. The number of nitrogens with zero attached hydrogens (tertiary/aromatic N) is 3. The molecule has 2 heterocycles. The summed E-state index contributed by atoms with van der Waals surface area (Å²) in [5, 5.41) is 8.89. The molecule has 0 saturated heterocycles. The molecular formula is C17H11F3N4O3S. The highest BCUT2D eigenvalue weighted by Gasteiger charge is 2.22. The molecule has 0 atom stereocenters. The minimum atomic E-state index is -3.92. The summed E-state index contributed by atoms with van der Waals surface area (Å²) in [5.41, 5.74) is -0.140. The fourth-order valence-electron chi connectivity index (χ4n) is 2.66. The van der Waals surface area contributed by atoms with Crippen LogP contribution < -0.4 is 5.14 Å². The lowest BCUT2D eigenvalue weighted by molar-refractivity contribution is 0.145. The van der Waals surface area contributed by atoms with E-state index in [9.17, 15) is 21.6 Å². The Balaban J connectivity index is 1.89. The molecule has 11 heteroatoms. The quantitative estimate of drug-likeness (QED) is 0.557. The van der Waals surface area contributed by atoms with Gasteiger partial charge in [-0.3, -0.25) is 0 Å². The molecule has 0 aliphatic carbocycles. The van der Waals surface area contributed by atoms with Crippen molar-refractivity contribution in [1.82, 2.24) is 14.8 Å². The highest BCUT2D eigenvalue weighted by Crippen LogP contribution is 2.31. The lowest BCUT2D eigenvalue weighted by Gasteiger charge is -2.06. The van der Waals surface area contributed by atoms with Gasteiger partial charge in [0.25, 0.3) is 6.43 Å². The number of hydrogen-bond acceptors (Lipinski definition) is 5. The maximum absolute atomic E-state index is 13.9. The van der Waals surface area contributed by atoms with Crippen LogP contribution in [0.2, 0.25) is 0 Å². The van der Waals surface area contributed by atoms with Crippen molar-refractivity contribution in [2.24, 2.45) is 5.14 Å². The molecular weight excluding hydrogens is 397 g/mol. The summed E-state index contributed by atoms with van der Waals surface area (Å²) in [7, 11) is -3.92. The van der Waals surface area contributed by atoms with Gasteiger partial charge in [-0.05, 0) is 42.5 Å². The van der Waals surface area contributed by atoms with Crippen LogP contribution in [0, 0.1) is 5.82 Å². The topological polar surface area (TPSA) is 104 Å². The Morgan fingerprint density at radius 1 is 1.11 bits per heavy atom. The van der Waals surface area contributed by atoms with Crippen LogP contribution in [0.25, 0.3) is 28.4 Å². The van der Waals surface area contributed by atoms with Crippen LogP contribution in [-0.4, -0.2) is 23.2 Å². The van der Waals surface area contributed by atoms with Gasteiger partial charge in [-0.1, -0.05) is 6.07 Å². The summed E-state index contributed by atoms with van der Waals surface area (Å²) in [6, 6.07) is 10.3. The Labute approximate surface area is 156 Å². The van der Waals surface area contributed by atoms with Gasteiger partial charge < -0.3 is 4.42 Å². The first-order valence-electron chi connectivity index (χ1n) is 7.81. The third-order valence-electron chi connectivity index (χ3n) is 3.95. The molecule has 2 N–H and O–H groups in total. The SMILES string of the molecule is NS(=O)(=O)c1ccc(-n2nc(C(F)F)cc2-c2nc3cccc(F)c3o2)cc1. The number of para-hydroxylation sites is 1. The monoisotopic (exact) mass is 408 g/mol. The molecule has 4 aromatic rings. The average Bonchev–Trinajstić information content (AvgIpc) is 3.26. The van der Waals surface area contributed by atoms with E-state index in [1.165, 1.54) is 42.5 Å². The highest BCUT2D eigenvalue weighted by molar-refractivity contribution is 7.89. The minimum Gasteiger partial charge on any atom is -0.432 e. The molecule has 144 valence electrons. The number of halogens is 3. The smallest absolute Gasteiger partial charge is 0.282 e. The van der Waals surface area contributed by atoms with E-state index in [4.69, 9.17) is 9.56 Å². The van der Waals surface area contributed by atoms with E-state index in [-0.39, 0.29) is 33.3 Å². The zero-order valence-corrected chi connectivity index (χ0v) is 14.7. The number of oxazole rings is 1. The molecule has 4 rings (SSSR count). The number of alkyl halides is 2. The van der Waals surface area contributed by atoms with Crippen LogP contribution in [0.3, 0.4) is 0 Å². The molecule has 0 saturated carbocycles. The van der Waals surface area contributed by atoms with E-state index in [1.54, 1.807) is 0 Å². The summed E-state index contributed by atoms with van der Waals surface area (Å²) < 4.78 is 69.6. The Morgan fingerprint density at radius 2 is 1.82 bits per heavy atom. The first-order valence-corrected chi connectivity index (χ1v) is 9.35. The predicted molar refractivity (Wildman–Crippen MR) is 92.9 cm³/mol. The van der Waals surface area contributed by atoms with Crippen molar-refractivity contribution in [2.45, 2.75) is 11.3 Å². The third-order valence-corrected chi connectivity index (χ3v) is 4.88. The number of sulfonamides is 1. The molecule has 0 radical (unpaired) electrons. The van der Waals surface area contributed by atoms with Gasteiger partial charge in [0.15, 0.2) is 11.4 Å². The molecule has 28 heavy (non-hydrogen) atoms. The van der Waals surface area contributed by atoms with Gasteiger partial charge in [-0.25, -0.2) is 36.4 Å². The highest BCUT2D eigenvalue weighted by atomic mass is 32.2. The van der Waals surface area contributed by atoms with Crippen LogP contribution >= 0.6 is 0 Å². The van der Waals surface area contributed by atoms with E-state index in [2.05, 4.69) is 10.1 Å². The first-order chi connectivity index (χ1) is 13.2. The number of aromatic nitrogens is 3. The first kappa shape index (κ1) is 18.2. The van der Waals surface area contributed by atoms with E-state index < -0.39 is 28.0 Å². The Bertz CT molecular complexity index is 1280. The Morgan fingerprint density at radius 3 is 2.43 bits per heavy atom. The van der Waals surface area contributed by atoms with Gasteiger partial charge in [-0.15, -0.1) is 0 Å². The number of benzene rings is 2. The van der Waals surface area contributed by atoms with Crippen LogP contribution in [0.5, 0.6) is 0 Å². The average molecular weight is 408 g/mol. The summed E-state index contributed by atoms with van der Waals surface area (Å²) in [6.07, 6.45) is -2.87. The van der Waals surface area contributed by atoms with Crippen LogP contribution in [0.15, 0.2) is 57.8 Å². The van der Waals surface area contributed by atoms with E-state index >= 15 is 0 Å². The van der Waals surface area contributed by atoms with Crippen LogP contribution in [-0.2, 0) is 10.0 Å². The molecule has 0 fully saturated rings.